The second-order valence-corrected chi connectivity index (χ2v) is 5.01. The highest BCUT2D eigenvalue weighted by molar-refractivity contribution is 6.30. The van der Waals surface area contributed by atoms with E-state index in [1.165, 1.54) is 0 Å². The predicted octanol–water partition coefficient (Wildman–Crippen LogP) is 3.95. The Hall–Kier alpha value is -1.71. The van der Waals surface area contributed by atoms with Crippen molar-refractivity contribution in [2.75, 3.05) is 7.11 Å². The van der Waals surface area contributed by atoms with Crippen molar-refractivity contribution in [3.05, 3.63) is 58.6 Å². The fraction of sp³-hybridized carbons (Fsp3) is 0.250. The van der Waals surface area contributed by atoms with Gasteiger partial charge in [-0.05, 0) is 31.2 Å². The molecule has 2 rings (SSSR count). The van der Waals surface area contributed by atoms with E-state index in [0.29, 0.717) is 11.6 Å². The van der Waals surface area contributed by atoms with E-state index in [0.717, 1.165) is 22.6 Å². The highest BCUT2D eigenvalue weighted by atomic mass is 35.5. The Morgan fingerprint density at radius 1 is 1.15 bits per heavy atom. The molecule has 0 aliphatic rings. The van der Waals surface area contributed by atoms with Gasteiger partial charge in [-0.2, -0.15) is 0 Å². The quantitative estimate of drug-likeness (QED) is 0.907. The van der Waals surface area contributed by atoms with Crippen molar-refractivity contribution < 1.29 is 9.47 Å². The molecule has 0 aromatic heterocycles. The summed E-state index contributed by atoms with van der Waals surface area (Å²) in [5.41, 5.74) is 7.82. The van der Waals surface area contributed by atoms with E-state index in [1.807, 2.05) is 43.3 Å². The zero-order valence-corrected chi connectivity index (χ0v) is 12.4. The second kappa shape index (κ2) is 6.64. The summed E-state index contributed by atoms with van der Waals surface area (Å²) in [5, 5.41) is 0.657. The molecule has 4 heteroatoms. The minimum atomic E-state index is -0.0764. The Bertz CT molecular complexity index is 584. The molecule has 0 amide bonds. The molecule has 0 unspecified atom stereocenters. The van der Waals surface area contributed by atoms with Crippen molar-refractivity contribution in [3.8, 4) is 11.5 Å². The molecule has 0 bridgehead atoms. The molecule has 0 saturated carbocycles. The summed E-state index contributed by atoms with van der Waals surface area (Å²) < 4.78 is 11.2. The van der Waals surface area contributed by atoms with E-state index < -0.39 is 0 Å². The van der Waals surface area contributed by atoms with Gasteiger partial charge in [-0.25, -0.2) is 0 Å². The lowest BCUT2D eigenvalue weighted by Crippen LogP contribution is -2.08. The van der Waals surface area contributed by atoms with Crippen LogP contribution in [0.2, 0.25) is 5.02 Å². The normalized spacial score (nSPS) is 12.0. The number of rotatable bonds is 5. The minimum absolute atomic E-state index is 0.0764. The fourth-order valence-electron chi connectivity index (χ4n) is 2.00. The first-order valence-corrected chi connectivity index (χ1v) is 6.79. The van der Waals surface area contributed by atoms with E-state index in [-0.39, 0.29) is 6.04 Å². The molecule has 0 heterocycles. The summed E-state index contributed by atoms with van der Waals surface area (Å²) in [6.07, 6.45) is 0. The van der Waals surface area contributed by atoms with Gasteiger partial charge in [-0.15, -0.1) is 0 Å². The second-order valence-electron chi connectivity index (χ2n) is 4.57. The predicted molar refractivity (Wildman–Crippen MR) is 81.4 cm³/mol. The van der Waals surface area contributed by atoms with Crippen LogP contribution in [0.5, 0.6) is 11.5 Å². The number of methoxy groups -OCH3 is 1. The van der Waals surface area contributed by atoms with Crippen LogP contribution in [-0.4, -0.2) is 7.11 Å². The topological polar surface area (TPSA) is 44.5 Å². The summed E-state index contributed by atoms with van der Waals surface area (Å²) in [7, 11) is 1.63. The van der Waals surface area contributed by atoms with E-state index in [4.69, 9.17) is 26.8 Å². The summed E-state index contributed by atoms with van der Waals surface area (Å²) in [6.45, 7) is 2.32. The Balaban J connectivity index is 2.19. The summed E-state index contributed by atoms with van der Waals surface area (Å²) in [4.78, 5) is 0. The zero-order chi connectivity index (χ0) is 14.5. The van der Waals surface area contributed by atoms with E-state index in [2.05, 4.69) is 0 Å². The van der Waals surface area contributed by atoms with Gasteiger partial charge in [0.25, 0.3) is 0 Å². The van der Waals surface area contributed by atoms with Crippen LogP contribution in [0.4, 0.5) is 0 Å². The van der Waals surface area contributed by atoms with Crippen LogP contribution in [0.15, 0.2) is 42.5 Å². The van der Waals surface area contributed by atoms with Crippen molar-refractivity contribution >= 4 is 11.6 Å². The summed E-state index contributed by atoms with van der Waals surface area (Å²) in [6, 6.07) is 13.1. The molecule has 0 spiro atoms. The van der Waals surface area contributed by atoms with Crippen LogP contribution < -0.4 is 15.2 Å². The third kappa shape index (κ3) is 3.44. The average Bonchev–Trinajstić information content (AvgIpc) is 2.45. The van der Waals surface area contributed by atoms with E-state index in [1.54, 1.807) is 13.2 Å². The summed E-state index contributed by atoms with van der Waals surface area (Å²) >= 11 is 6.01. The van der Waals surface area contributed by atoms with Gasteiger partial charge in [-0.3, -0.25) is 0 Å². The van der Waals surface area contributed by atoms with Crippen LogP contribution in [-0.2, 0) is 6.61 Å². The summed E-state index contributed by atoms with van der Waals surface area (Å²) in [5.74, 6) is 1.54. The number of halogens is 1. The largest absolute Gasteiger partial charge is 0.496 e. The van der Waals surface area contributed by atoms with Crippen molar-refractivity contribution in [2.24, 2.45) is 5.73 Å². The van der Waals surface area contributed by atoms with Crippen LogP contribution >= 0.6 is 11.6 Å². The van der Waals surface area contributed by atoms with Crippen LogP contribution in [0.25, 0.3) is 0 Å². The standard InChI is InChI=1S/C16H18ClNO2/c1-11(18)14-5-3-4-6-16(14)20-10-12-9-13(17)7-8-15(12)19-2/h3-9,11H,10,18H2,1-2H3/t11-/m0/s1. The number of benzene rings is 2. The lowest BCUT2D eigenvalue weighted by atomic mass is 10.1. The molecule has 0 radical (unpaired) electrons. The third-order valence-electron chi connectivity index (χ3n) is 3.04. The Morgan fingerprint density at radius 3 is 2.60 bits per heavy atom. The van der Waals surface area contributed by atoms with Gasteiger partial charge >= 0.3 is 0 Å². The highest BCUT2D eigenvalue weighted by Gasteiger charge is 2.09. The molecule has 2 N–H and O–H groups in total. The molecule has 1 atom stereocenters. The van der Waals surface area contributed by atoms with E-state index >= 15 is 0 Å². The van der Waals surface area contributed by atoms with Gasteiger partial charge in [-0.1, -0.05) is 29.8 Å². The molecule has 106 valence electrons. The third-order valence-corrected chi connectivity index (χ3v) is 3.27. The number of para-hydroxylation sites is 1. The smallest absolute Gasteiger partial charge is 0.125 e. The molecule has 0 fully saturated rings. The molecule has 2 aromatic carbocycles. The van der Waals surface area contributed by atoms with Gasteiger partial charge in [0.2, 0.25) is 0 Å². The van der Waals surface area contributed by atoms with Crippen LogP contribution in [0, 0.1) is 0 Å². The number of hydrogen-bond donors (Lipinski definition) is 1. The fourth-order valence-corrected chi connectivity index (χ4v) is 2.20. The number of hydrogen-bond acceptors (Lipinski definition) is 3. The van der Waals surface area contributed by atoms with Crippen molar-refractivity contribution in [3.63, 3.8) is 0 Å². The first-order valence-electron chi connectivity index (χ1n) is 6.41. The van der Waals surface area contributed by atoms with Gasteiger partial charge in [0, 0.05) is 22.2 Å². The maximum Gasteiger partial charge on any atom is 0.125 e. The SMILES string of the molecule is COc1ccc(Cl)cc1COc1ccccc1[C@H](C)N. The van der Waals surface area contributed by atoms with E-state index in [9.17, 15) is 0 Å². The number of ether oxygens (including phenoxy) is 2. The maximum atomic E-state index is 6.01. The molecule has 2 aromatic rings. The molecular formula is C16H18ClNO2. The van der Waals surface area contributed by atoms with Crippen molar-refractivity contribution in [1.29, 1.82) is 0 Å². The minimum Gasteiger partial charge on any atom is -0.496 e. The molecule has 0 aliphatic carbocycles. The zero-order valence-electron chi connectivity index (χ0n) is 11.6. The van der Waals surface area contributed by atoms with Gasteiger partial charge < -0.3 is 15.2 Å². The molecule has 0 saturated heterocycles. The molecule has 20 heavy (non-hydrogen) atoms. The molecule has 3 nitrogen and oxygen atoms in total. The number of nitrogens with two attached hydrogens (primary N) is 1. The van der Waals surface area contributed by atoms with Gasteiger partial charge in [0.05, 0.1) is 7.11 Å². The highest BCUT2D eigenvalue weighted by Crippen LogP contribution is 2.27. The van der Waals surface area contributed by atoms with Crippen molar-refractivity contribution in [2.45, 2.75) is 19.6 Å². The molecule has 0 aliphatic heterocycles. The Labute approximate surface area is 124 Å². The lowest BCUT2D eigenvalue weighted by molar-refractivity contribution is 0.292. The van der Waals surface area contributed by atoms with Crippen LogP contribution in [0.3, 0.4) is 0 Å². The van der Waals surface area contributed by atoms with Crippen LogP contribution in [0.1, 0.15) is 24.1 Å². The maximum absolute atomic E-state index is 6.01. The van der Waals surface area contributed by atoms with Crippen molar-refractivity contribution in [1.82, 2.24) is 0 Å². The molecular weight excluding hydrogens is 274 g/mol. The monoisotopic (exact) mass is 291 g/mol. The Morgan fingerprint density at radius 2 is 1.90 bits per heavy atom. The first-order chi connectivity index (χ1) is 9.61. The first kappa shape index (κ1) is 14.7. The average molecular weight is 292 g/mol. The van der Waals surface area contributed by atoms with Gasteiger partial charge in [0.15, 0.2) is 0 Å². The van der Waals surface area contributed by atoms with Gasteiger partial charge in [0.1, 0.15) is 18.1 Å². The lowest BCUT2D eigenvalue weighted by Gasteiger charge is -2.15. The Kier molecular flexibility index (Phi) is 4.88.